The maximum absolute atomic E-state index is 15.3. The molecule has 0 saturated carbocycles. The van der Waals surface area contributed by atoms with Crippen LogP contribution in [0.2, 0.25) is 0 Å². The molecule has 3 aromatic heterocycles. The second-order valence-electron chi connectivity index (χ2n) is 10.5. The standard InChI is InChI=1S/C30H31F2N5O/c1-18-10-21(12-23(33)11-18)25-4-7-34-16-22(25)15-29-35-17-24-2-3-28(36-37(24)29)30-26(31)13-20(14-27(30)32)19-5-8-38-9-6-19/h2-4,7,11,13-14,16-17,19,21,23H,5-6,8-10,12,15,33H2,1H3/t21-,23+/m1/s1. The van der Waals surface area contributed by atoms with Crippen molar-refractivity contribution in [1.82, 2.24) is 19.6 Å². The van der Waals surface area contributed by atoms with Crippen molar-refractivity contribution in [1.29, 1.82) is 0 Å². The minimum Gasteiger partial charge on any atom is -0.381 e. The van der Waals surface area contributed by atoms with Gasteiger partial charge < -0.3 is 10.5 Å². The van der Waals surface area contributed by atoms with E-state index in [0.29, 0.717) is 36.9 Å². The summed E-state index contributed by atoms with van der Waals surface area (Å²) >= 11 is 0. The smallest absolute Gasteiger partial charge is 0.135 e. The average Bonchev–Trinajstić information content (AvgIpc) is 3.30. The molecule has 1 aromatic carbocycles. The molecule has 6 rings (SSSR count). The van der Waals surface area contributed by atoms with Gasteiger partial charge in [0.2, 0.25) is 0 Å². The van der Waals surface area contributed by atoms with E-state index in [-0.39, 0.29) is 23.2 Å². The normalized spacial score (nSPS) is 20.6. The summed E-state index contributed by atoms with van der Waals surface area (Å²) in [6.07, 6.45) is 11.4. The highest BCUT2D eigenvalue weighted by atomic mass is 19.1. The first-order valence-electron chi connectivity index (χ1n) is 13.2. The van der Waals surface area contributed by atoms with Gasteiger partial charge in [-0.3, -0.25) is 4.98 Å². The van der Waals surface area contributed by atoms with Crippen LogP contribution in [-0.4, -0.2) is 38.8 Å². The van der Waals surface area contributed by atoms with Crippen LogP contribution < -0.4 is 5.73 Å². The molecule has 0 radical (unpaired) electrons. The number of fused-ring (bicyclic) bond motifs is 1. The quantitative estimate of drug-likeness (QED) is 0.345. The van der Waals surface area contributed by atoms with E-state index in [2.05, 4.69) is 34.1 Å². The maximum atomic E-state index is 15.3. The van der Waals surface area contributed by atoms with E-state index >= 15 is 8.78 Å². The van der Waals surface area contributed by atoms with Crippen molar-refractivity contribution < 1.29 is 13.5 Å². The molecule has 8 heteroatoms. The molecule has 196 valence electrons. The van der Waals surface area contributed by atoms with Gasteiger partial charge in [-0.15, -0.1) is 0 Å². The molecule has 1 aliphatic carbocycles. The van der Waals surface area contributed by atoms with Gasteiger partial charge in [-0.2, -0.15) is 5.10 Å². The van der Waals surface area contributed by atoms with Crippen LogP contribution >= 0.6 is 0 Å². The Bertz CT molecular complexity index is 1480. The van der Waals surface area contributed by atoms with Crippen molar-refractivity contribution in [2.45, 2.75) is 56.9 Å². The summed E-state index contributed by atoms with van der Waals surface area (Å²) in [7, 11) is 0. The molecule has 4 heterocycles. The number of hydrogen-bond acceptors (Lipinski definition) is 5. The number of hydrogen-bond donors (Lipinski definition) is 1. The Kier molecular flexibility index (Phi) is 6.76. The summed E-state index contributed by atoms with van der Waals surface area (Å²) in [6.45, 7) is 3.34. The molecule has 38 heavy (non-hydrogen) atoms. The highest BCUT2D eigenvalue weighted by Gasteiger charge is 2.24. The lowest BCUT2D eigenvalue weighted by Crippen LogP contribution is -2.25. The first-order valence-corrected chi connectivity index (χ1v) is 13.2. The van der Waals surface area contributed by atoms with E-state index in [1.807, 2.05) is 12.4 Å². The number of allylic oxidation sites excluding steroid dienone is 1. The number of nitrogens with two attached hydrogens (primary N) is 1. The van der Waals surface area contributed by atoms with Gasteiger partial charge in [-0.25, -0.2) is 18.3 Å². The zero-order chi connectivity index (χ0) is 26.2. The summed E-state index contributed by atoms with van der Waals surface area (Å²) < 4.78 is 37.6. The Morgan fingerprint density at radius 2 is 1.84 bits per heavy atom. The third-order valence-electron chi connectivity index (χ3n) is 7.82. The minimum atomic E-state index is -0.605. The van der Waals surface area contributed by atoms with Gasteiger partial charge in [0.05, 0.1) is 23.0 Å². The van der Waals surface area contributed by atoms with E-state index in [1.165, 1.54) is 23.3 Å². The number of halogens is 2. The zero-order valence-electron chi connectivity index (χ0n) is 21.4. The molecule has 2 N–H and O–H groups in total. The molecule has 6 nitrogen and oxygen atoms in total. The highest BCUT2D eigenvalue weighted by Crippen LogP contribution is 2.35. The van der Waals surface area contributed by atoms with E-state index in [0.717, 1.165) is 36.8 Å². The van der Waals surface area contributed by atoms with Gasteiger partial charge in [0.25, 0.3) is 0 Å². The molecular weight excluding hydrogens is 484 g/mol. The predicted octanol–water partition coefficient (Wildman–Crippen LogP) is 5.71. The number of aromatic nitrogens is 4. The van der Waals surface area contributed by atoms with Crippen molar-refractivity contribution in [3.8, 4) is 11.3 Å². The number of pyridine rings is 1. The molecule has 2 atom stereocenters. The molecule has 0 unspecified atom stereocenters. The van der Waals surface area contributed by atoms with Gasteiger partial charge in [-0.1, -0.05) is 11.6 Å². The molecule has 1 saturated heterocycles. The summed E-state index contributed by atoms with van der Waals surface area (Å²) in [5.74, 6) is -0.120. The van der Waals surface area contributed by atoms with Crippen molar-refractivity contribution >= 4 is 5.52 Å². The van der Waals surface area contributed by atoms with E-state index in [4.69, 9.17) is 10.5 Å². The van der Waals surface area contributed by atoms with Crippen molar-refractivity contribution in [3.05, 3.63) is 94.7 Å². The lowest BCUT2D eigenvalue weighted by molar-refractivity contribution is 0.0852. The Balaban J connectivity index is 1.33. The predicted molar refractivity (Wildman–Crippen MR) is 142 cm³/mol. The number of rotatable bonds is 5. The maximum Gasteiger partial charge on any atom is 0.135 e. The topological polar surface area (TPSA) is 78.3 Å². The molecule has 4 aromatic rings. The Hall–Kier alpha value is -3.49. The fourth-order valence-corrected chi connectivity index (χ4v) is 5.98. The SMILES string of the molecule is CC1=C[C@H](N)C[C@H](c2ccncc2Cc2ncc3ccc(-c4c(F)cc(C5CCOCC5)cc4F)nn23)C1. The number of imidazole rings is 1. The highest BCUT2D eigenvalue weighted by molar-refractivity contribution is 5.63. The summed E-state index contributed by atoms with van der Waals surface area (Å²) in [4.78, 5) is 8.96. The van der Waals surface area contributed by atoms with Crippen LogP contribution in [0.25, 0.3) is 16.8 Å². The molecule has 2 aliphatic rings. The van der Waals surface area contributed by atoms with Crippen LogP contribution in [0, 0.1) is 11.6 Å². The largest absolute Gasteiger partial charge is 0.381 e. The fourth-order valence-electron chi connectivity index (χ4n) is 5.98. The lowest BCUT2D eigenvalue weighted by atomic mass is 9.80. The second-order valence-corrected chi connectivity index (χ2v) is 10.5. The lowest BCUT2D eigenvalue weighted by Gasteiger charge is -2.27. The Morgan fingerprint density at radius 3 is 2.61 bits per heavy atom. The van der Waals surface area contributed by atoms with Crippen LogP contribution in [0.5, 0.6) is 0 Å². The Labute approximate surface area is 220 Å². The van der Waals surface area contributed by atoms with Crippen LogP contribution in [0.4, 0.5) is 8.78 Å². The second kappa shape index (κ2) is 10.3. The van der Waals surface area contributed by atoms with E-state index in [9.17, 15) is 0 Å². The third-order valence-corrected chi connectivity index (χ3v) is 7.82. The zero-order valence-corrected chi connectivity index (χ0v) is 21.4. The van der Waals surface area contributed by atoms with Crippen molar-refractivity contribution in [2.24, 2.45) is 5.73 Å². The molecule has 0 amide bonds. The van der Waals surface area contributed by atoms with Crippen LogP contribution in [0.3, 0.4) is 0 Å². The van der Waals surface area contributed by atoms with Crippen molar-refractivity contribution in [2.75, 3.05) is 13.2 Å². The summed E-state index contributed by atoms with van der Waals surface area (Å²) in [5, 5.41) is 4.64. The number of ether oxygens (including phenoxy) is 1. The van der Waals surface area contributed by atoms with Gasteiger partial charge in [0, 0.05) is 38.1 Å². The molecule has 0 bridgehead atoms. The molecule has 0 spiro atoms. The van der Waals surface area contributed by atoms with Gasteiger partial charge in [0.1, 0.15) is 17.5 Å². The minimum absolute atomic E-state index is 0.0360. The number of benzene rings is 1. The van der Waals surface area contributed by atoms with E-state index in [1.54, 1.807) is 22.8 Å². The fraction of sp³-hybridized carbons (Fsp3) is 0.367. The first kappa shape index (κ1) is 24.8. The third kappa shape index (κ3) is 4.86. The summed E-state index contributed by atoms with van der Waals surface area (Å²) in [6, 6.07) is 8.43. The first-order chi connectivity index (χ1) is 18.5. The average molecular weight is 516 g/mol. The van der Waals surface area contributed by atoms with Crippen LogP contribution in [-0.2, 0) is 11.2 Å². The van der Waals surface area contributed by atoms with Gasteiger partial charge >= 0.3 is 0 Å². The summed E-state index contributed by atoms with van der Waals surface area (Å²) in [5.41, 5.74) is 11.4. The Morgan fingerprint density at radius 1 is 1.05 bits per heavy atom. The van der Waals surface area contributed by atoms with Gasteiger partial charge in [0.15, 0.2) is 0 Å². The van der Waals surface area contributed by atoms with Crippen LogP contribution in [0.15, 0.2) is 60.6 Å². The number of nitrogens with zero attached hydrogens (tertiary/aromatic N) is 4. The van der Waals surface area contributed by atoms with Crippen LogP contribution in [0.1, 0.15) is 67.0 Å². The molecule has 1 fully saturated rings. The van der Waals surface area contributed by atoms with Gasteiger partial charge in [-0.05, 0) is 91.5 Å². The molecular formula is C30H31F2N5O. The molecule has 1 aliphatic heterocycles. The van der Waals surface area contributed by atoms with Crippen molar-refractivity contribution in [3.63, 3.8) is 0 Å². The van der Waals surface area contributed by atoms with E-state index < -0.39 is 11.6 Å². The monoisotopic (exact) mass is 515 g/mol.